The van der Waals surface area contributed by atoms with Crippen molar-refractivity contribution in [2.45, 2.75) is 68.3 Å². The van der Waals surface area contributed by atoms with E-state index in [9.17, 15) is 27.9 Å². The number of amides is 1. The number of pyridine rings is 1. The first kappa shape index (κ1) is 31.8. The molecule has 3 aromatic rings. The van der Waals surface area contributed by atoms with E-state index in [1.54, 1.807) is 48.7 Å². The molecule has 1 aromatic heterocycles. The highest BCUT2D eigenvalue weighted by Gasteiger charge is 2.40. The SMILES string of the molecule is O=C(CCCCCNc1ccccn1)Cc1ccc(C[C@H](NC(=O)[C@@H]2CCCN2S(=O)(=O)c2ccccc2)C(=O)O)cc1. The number of rotatable bonds is 16. The van der Waals surface area contributed by atoms with E-state index < -0.39 is 34.0 Å². The largest absolute Gasteiger partial charge is 0.480 e. The van der Waals surface area contributed by atoms with Crippen molar-refractivity contribution in [1.82, 2.24) is 14.6 Å². The Morgan fingerprint density at radius 1 is 0.930 bits per heavy atom. The van der Waals surface area contributed by atoms with Crippen molar-refractivity contribution < 1.29 is 27.9 Å². The van der Waals surface area contributed by atoms with Gasteiger partial charge in [-0.3, -0.25) is 9.59 Å². The summed E-state index contributed by atoms with van der Waals surface area (Å²) in [6.07, 6.45) is 6.08. The van der Waals surface area contributed by atoms with Crippen LogP contribution in [0.25, 0.3) is 0 Å². The van der Waals surface area contributed by atoms with Crippen LogP contribution in [-0.2, 0) is 37.2 Å². The molecule has 0 aliphatic carbocycles. The van der Waals surface area contributed by atoms with Gasteiger partial charge < -0.3 is 15.7 Å². The summed E-state index contributed by atoms with van der Waals surface area (Å²) in [6, 6.07) is 18.5. The monoisotopic (exact) mass is 606 g/mol. The number of carboxylic acid groups (broad SMARTS) is 1. The van der Waals surface area contributed by atoms with Crippen LogP contribution in [0.1, 0.15) is 49.7 Å². The maximum absolute atomic E-state index is 13.1. The second kappa shape index (κ2) is 15.4. The summed E-state index contributed by atoms with van der Waals surface area (Å²) in [7, 11) is -3.89. The van der Waals surface area contributed by atoms with Gasteiger partial charge in [0, 0.05) is 38.5 Å². The highest BCUT2D eigenvalue weighted by molar-refractivity contribution is 7.89. The number of ketones is 1. The number of carboxylic acids is 1. The average molecular weight is 607 g/mol. The normalized spacial score (nSPS) is 16.0. The molecule has 4 rings (SSSR count). The maximum atomic E-state index is 13.1. The van der Waals surface area contributed by atoms with E-state index in [1.165, 1.54) is 12.1 Å². The van der Waals surface area contributed by atoms with Crippen LogP contribution in [0.4, 0.5) is 5.82 Å². The van der Waals surface area contributed by atoms with E-state index in [2.05, 4.69) is 15.6 Å². The van der Waals surface area contributed by atoms with Gasteiger partial charge in [0.15, 0.2) is 0 Å². The minimum atomic E-state index is -3.89. The molecule has 1 aliphatic rings. The summed E-state index contributed by atoms with van der Waals surface area (Å²) in [5.74, 6) is -0.848. The molecule has 1 amide bonds. The highest BCUT2D eigenvalue weighted by atomic mass is 32.2. The molecule has 228 valence electrons. The second-order valence-electron chi connectivity index (χ2n) is 10.7. The van der Waals surface area contributed by atoms with E-state index in [4.69, 9.17) is 0 Å². The number of aliphatic carboxylic acids is 1. The Hall–Kier alpha value is -4.09. The highest BCUT2D eigenvalue weighted by Crippen LogP contribution is 2.26. The number of nitrogens with zero attached hydrogens (tertiary/aromatic N) is 2. The number of carbonyl (C=O) groups is 3. The van der Waals surface area contributed by atoms with Gasteiger partial charge in [-0.25, -0.2) is 18.2 Å². The molecule has 0 bridgehead atoms. The lowest BCUT2D eigenvalue weighted by molar-refractivity contribution is -0.142. The second-order valence-corrected chi connectivity index (χ2v) is 12.6. The Labute approximate surface area is 252 Å². The zero-order valence-electron chi connectivity index (χ0n) is 24.0. The van der Waals surface area contributed by atoms with Gasteiger partial charge in [0.25, 0.3) is 0 Å². The fraction of sp³-hybridized carbons (Fsp3) is 0.375. The summed E-state index contributed by atoms with van der Waals surface area (Å²) >= 11 is 0. The van der Waals surface area contributed by atoms with Crippen molar-refractivity contribution in [2.24, 2.45) is 0 Å². The molecule has 1 saturated heterocycles. The molecule has 1 aliphatic heterocycles. The van der Waals surface area contributed by atoms with Gasteiger partial charge in [0.1, 0.15) is 23.7 Å². The lowest BCUT2D eigenvalue weighted by Crippen LogP contribution is -2.51. The maximum Gasteiger partial charge on any atom is 0.326 e. The number of hydrogen-bond donors (Lipinski definition) is 3. The quantitative estimate of drug-likeness (QED) is 0.209. The van der Waals surface area contributed by atoms with E-state index in [-0.39, 0.29) is 23.6 Å². The third-order valence-corrected chi connectivity index (χ3v) is 9.36. The summed E-state index contributed by atoms with van der Waals surface area (Å²) in [5, 5.41) is 15.6. The first-order valence-electron chi connectivity index (χ1n) is 14.6. The molecule has 10 nitrogen and oxygen atoms in total. The van der Waals surface area contributed by atoms with Gasteiger partial charge in [0.05, 0.1) is 4.90 Å². The number of aromatic nitrogens is 1. The lowest BCUT2D eigenvalue weighted by Gasteiger charge is -2.25. The van der Waals surface area contributed by atoms with Gasteiger partial charge >= 0.3 is 5.97 Å². The molecule has 3 N–H and O–H groups in total. The number of hydrogen-bond acceptors (Lipinski definition) is 7. The number of sulfonamides is 1. The van der Waals surface area contributed by atoms with Crippen LogP contribution in [0.2, 0.25) is 0 Å². The molecule has 0 radical (unpaired) electrons. The fourth-order valence-electron chi connectivity index (χ4n) is 5.14. The fourth-order valence-corrected chi connectivity index (χ4v) is 6.82. The first-order valence-corrected chi connectivity index (χ1v) is 16.0. The number of anilines is 1. The number of unbranched alkanes of at least 4 members (excludes halogenated alkanes) is 2. The lowest BCUT2D eigenvalue weighted by atomic mass is 10.00. The predicted octanol–water partition coefficient (Wildman–Crippen LogP) is 3.83. The van der Waals surface area contributed by atoms with Crippen molar-refractivity contribution >= 4 is 33.5 Å². The van der Waals surface area contributed by atoms with Gasteiger partial charge in [-0.15, -0.1) is 0 Å². The van der Waals surface area contributed by atoms with Crippen molar-refractivity contribution in [3.8, 4) is 0 Å². The van der Waals surface area contributed by atoms with Gasteiger partial charge in [0.2, 0.25) is 15.9 Å². The molecule has 2 aromatic carbocycles. The zero-order valence-corrected chi connectivity index (χ0v) is 24.8. The van der Waals surface area contributed by atoms with Crippen LogP contribution in [0.15, 0.2) is 83.9 Å². The smallest absolute Gasteiger partial charge is 0.326 e. The Bertz CT molecular complexity index is 1470. The summed E-state index contributed by atoms with van der Waals surface area (Å²) < 4.78 is 27.4. The third-order valence-electron chi connectivity index (χ3n) is 7.44. The number of carbonyl (C=O) groups excluding carboxylic acids is 2. The predicted molar refractivity (Wildman–Crippen MR) is 163 cm³/mol. The molecule has 43 heavy (non-hydrogen) atoms. The molecule has 0 spiro atoms. The summed E-state index contributed by atoms with van der Waals surface area (Å²) in [4.78, 5) is 41.9. The molecule has 1 fully saturated rings. The number of Topliss-reactive ketones (excluding diaryl/α,β-unsaturated/α-hetero) is 1. The van der Waals surface area contributed by atoms with Crippen LogP contribution in [0.5, 0.6) is 0 Å². The zero-order chi connectivity index (χ0) is 30.7. The number of nitrogens with one attached hydrogen (secondary N) is 2. The van der Waals surface area contributed by atoms with Crippen molar-refractivity contribution in [1.29, 1.82) is 0 Å². The Morgan fingerprint density at radius 3 is 2.35 bits per heavy atom. The van der Waals surface area contributed by atoms with E-state index in [0.717, 1.165) is 41.5 Å². The van der Waals surface area contributed by atoms with Crippen molar-refractivity contribution in [2.75, 3.05) is 18.4 Å². The molecule has 2 atom stereocenters. The van der Waals surface area contributed by atoms with Crippen LogP contribution in [-0.4, -0.2) is 65.6 Å². The molecule has 2 heterocycles. The van der Waals surface area contributed by atoms with Crippen LogP contribution in [0, 0.1) is 0 Å². The van der Waals surface area contributed by atoms with Gasteiger partial charge in [-0.1, -0.05) is 55.0 Å². The van der Waals surface area contributed by atoms with Crippen molar-refractivity contribution in [3.63, 3.8) is 0 Å². The standard InChI is InChI=1S/C32H38N4O6S/c37-26(10-3-2-7-19-33-30-14-6-8-20-34-30)22-24-15-17-25(18-16-24)23-28(32(39)40)35-31(38)29-13-9-21-36(29)43(41,42)27-11-4-1-5-12-27/h1,4-6,8,11-12,14-18,20,28-29H,2-3,7,9-10,13,19,21-23H2,(H,33,34)(H,35,38)(H,39,40)/t28-,29-/m0/s1. The van der Waals surface area contributed by atoms with E-state index >= 15 is 0 Å². The topological polar surface area (TPSA) is 146 Å². The summed E-state index contributed by atoms with van der Waals surface area (Å²) in [5.41, 5.74) is 1.53. The first-order chi connectivity index (χ1) is 20.7. The van der Waals surface area contributed by atoms with E-state index in [0.29, 0.717) is 31.2 Å². The molecule has 0 saturated carbocycles. The van der Waals surface area contributed by atoms with E-state index in [1.807, 2.05) is 18.2 Å². The number of benzene rings is 2. The minimum Gasteiger partial charge on any atom is -0.480 e. The molecule has 11 heteroatoms. The molecular weight excluding hydrogens is 568 g/mol. The Balaban J connectivity index is 1.23. The van der Waals surface area contributed by atoms with Crippen LogP contribution in [0.3, 0.4) is 0 Å². The molecule has 0 unspecified atom stereocenters. The van der Waals surface area contributed by atoms with Crippen molar-refractivity contribution in [3.05, 3.63) is 90.1 Å². The van der Waals surface area contributed by atoms with Gasteiger partial charge in [-0.05, 0) is 61.1 Å². The third kappa shape index (κ3) is 9.20. The minimum absolute atomic E-state index is 0.0278. The van der Waals surface area contributed by atoms with Gasteiger partial charge in [-0.2, -0.15) is 4.31 Å². The Kier molecular flexibility index (Phi) is 11.4. The molecular formula is C32H38N4O6S. The van der Waals surface area contributed by atoms with Crippen LogP contribution < -0.4 is 10.6 Å². The average Bonchev–Trinajstić information content (AvgIpc) is 3.52. The summed E-state index contributed by atoms with van der Waals surface area (Å²) in [6.45, 7) is 0.993. The Morgan fingerprint density at radius 2 is 1.65 bits per heavy atom. The van der Waals surface area contributed by atoms with Crippen LogP contribution >= 0.6 is 0 Å².